The average Bonchev–Trinajstić information content (AvgIpc) is 3.31. The van der Waals surface area contributed by atoms with Gasteiger partial charge in [-0.2, -0.15) is 0 Å². The Bertz CT molecular complexity index is 548. The lowest BCUT2D eigenvalue weighted by Gasteiger charge is -2.27. The first-order valence-corrected chi connectivity index (χ1v) is 9.55. The number of ether oxygens (including phenoxy) is 1. The van der Waals surface area contributed by atoms with Gasteiger partial charge in [0.15, 0.2) is 5.96 Å². The average molecular weight is 345 g/mol. The fraction of sp³-hybridized carbons (Fsp3) is 0.650. The monoisotopic (exact) mass is 344 g/mol. The van der Waals surface area contributed by atoms with E-state index in [1.807, 2.05) is 7.05 Å². The van der Waals surface area contributed by atoms with Gasteiger partial charge in [0.25, 0.3) is 0 Å². The summed E-state index contributed by atoms with van der Waals surface area (Å²) in [5.74, 6) is 1.67. The Balaban J connectivity index is 1.50. The van der Waals surface area contributed by atoms with E-state index in [0.717, 1.165) is 38.7 Å². The summed E-state index contributed by atoms with van der Waals surface area (Å²) in [6.45, 7) is 6.15. The number of likely N-dealkylation sites (tertiary alicyclic amines) is 2. The third-order valence-electron chi connectivity index (χ3n) is 5.55. The lowest BCUT2D eigenvalue weighted by Crippen LogP contribution is -2.46. The van der Waals surface area contributed by atoms with Crippen LogP contribution in [0.3, 0.4) is 0 Å². The molecule has 138 valence electrons. The molecule has 1 aromatic carbocycles. The van der Waals surface area contributed by atoms with Crippen molar-refractivity contribution in [1.82, 2.24) is 15.1 Å². The Morgan fingerprint density at radius 3 is 2.84 bits per heavy atom. The van der Waals surface area contributed by atoms with Crippen LogP contribution in [0.5, 0.6) is 0 Å². The van der Waals surface area contributed by atoms with Gasteiger partial charge in [0.2, 0.25) is 0 Å². The van der Waals surface area contributed by atoms with E-state index in [4.69, 9.17) is 4.74 Å². The van der Waals surface area contributed by atoms with E-state index in [1.165, 1.54) is 31.4 Å². The number of guanidine groups is 1. The van der Waals surface area contributed by atoms with E-state index in [9.17, 15) is 0 Å². The van der Waals surface area contributed by atoms with Crippen LogP contribution in [0.1, 0.15) is 30.7 Å². The molecule has 25 heavy (non-hydrogen) atoms. The van der Waals surface area contributed by atoms with Gasteiger partial charge in [-0.3, -0.25) is 9.89 Å². The molecule has 1 aromatic rings. The van der Waals surface area contributed by atoms with Crippen molar-refractivity contribution in [2.24, 2.45) is 4.99 Å². The first-order chi connectivity index (χ1) is 12.3. The summed E-state index contributed by atoms with van der Waals surface area (Å²) in [7, 11) is 3.68. The Hall–Kier alpha value is -1.59. The smallest absolute Gasteiger partial charge is 0.193 e. The normalized spacial score (nSPS) is 24.9. The predicted molar refractivity (Wildman–Crippen MR) is 103 cm³/mol. The molecule has 0 saturated carbocycles. The number of hydrogen-bond acceptors (Lipinski definition) is 3. The highest BCUT2D eigenvalue weighted by Crippen LogP contribution is 2.27. The van der Waals surface area contributed by atoms with E-state index < -0.39 is 0 Å². The molecule has 2 atom stereocenters. The van der Waals surface area contributed by atoms with Crippen molar-refractivity contribution in [2.45, 2.75) is 31.2 Å². The molecule has 3 rings (SSSR count). The van der Waals surface area contributed by atoms with Crippen molar-refractivity contribution < 1.29 is 4.74 Å². The van der Waals surface area contributed by atoms with E-state index in [2.05, 4.69) is 50.4 Å². The number of methoxy groups -OCH3 is 1. The molecule has 0 radical (unpaired) electrons. The summed E-state index contributed by atoms with van der Waals surface area (Å²) in [6.07, 6.45) is 3.75. The topological polar surface area (TPSA) is 40.1 Å². The Morgan fingerprint density at radius 2 is 2.08 bits per heavy atom. The van der Waals surface area contributed by atoms with Crippen LogP contribution in [0.25, 0.3) is 0 Å². The molecule has 0 amide bonds. The van der Waals surface area contributed by atoms with Gasteiger partial charge in [-0.1, -0.05) is 30.3 Å². The molecule has 0 aromatic heterocycles. The zero-order valence-corrected chi connectivity index (χ0v) is 15.7. The molecule has 0 bridgehead atoms. The highest BCUT2D eigenvalue weighted by Gasteiger charge is 2.28. The minimum atomic E-state index is 0.597. The van der Waals surface area contributed by atoms with Gasteiger partial charge in [-0.05, 0) is 31.4 Å². The molecule has 5 heteroatoms. The molecule has 2 unspecified atom stereocenters. The standard InChI is InChI=1S/C20H32N4O/c1-21-20(22-15-19-9-6-11-23(19)13-14-25-2)24-12-10-18(16-24)17-7-4-3-5-8-17/h3-5,7-8,18-19H,6,9-16H2,1-2H3,(H,21,22). The van der Waals surface area contributed by atoms with Crippen molar-refractivity contribution in [3.05, 3.63) is 35.9 Å². The summed E-state index contributed by atoms with van der Waals surface area (Å²) in [6, 6.07) is 11.5. The SMILES string of the molecule is CN=C(NCC1CCCN1CCOC)N1CCC(c2ccccc2)C1. The van der Waals surface area contributed by atoms with Crippen LogP contribution in [0.2, 0.25) is 0 Å². The Kier molecular flexibility index (Phi) is 6.70. The van der Waals surface area contributed by atoms with Crippen LogP contribution in [0.4, 0.5) is 0 Å². The first kappa shape index (κ1) is 18.2. The maximum Gasteiger partial charge on any atom is 0.193 e. The number of rotatable bonds is 6. The predicted octanol–water partition coefficient (Wildman–Crippen LogP) is 2.16. The molecule has 2 aliphatic rings. The van der Waals surface area contributed by atoms with Crippen molar-refractivity contribution in [2.75, 3.05) is 53.5 Å². The third kappa shape index (κ3) is 4.73. The van der Waals surface area contributed by atoms with Gasteiger partial charge < -0.3 is 15.0 Å². The van der Waals surface area contributed by atoms with Crippen LogP contribution < -0.4 is 5.32 Å². The zero-order chi connectivity index (χ0) is 17.5. The minimum Gasteiger partial charge on any atom is -0.383 e. The van der Waals surface area contributed by atoms with Crippen molar-refractivity contribution in [1.29, 1.82) is 0 Å². The molecule has 2 saturated heterocycles. The van der Waals surface area contributed by atoms with Crippen LogP contribution in [-0.4, -0.2) is 75.3 Å². The van der Waals surface area contributed by atoms with Crippen LogP contribution in [0.15, 0.2) is 35.3 Å². The number of benzene rings is 1. The number of nitrogens with one attached hydrogen (secondary N) is 1. The molecule has 0 aliphatic carbocycles. The van der Waals surface area contributed by atoms with Gasteiger partial charge in [-0.15, -0.1) is 0 Å². The van der Waals surface area contributed by atoms with E-state index >= 15 is 0 Å². The molecule has 2 fully saturated rings. The lowest BCUT2D eigenvalue weighted by molar-refractivity contribution is 0.141. The van der Waals surface area contributed by atoms with Gasteiger partial charge in [0.1, 0.15) is 0 Å². The Labute approximate surface area is 152 Å². The molecule has 1 N–H and O–H groups in total. The van der Waals surface area contributed by atoms with E-state index in [-0.39, 0.29) is 0 Å². The molecule has 2 aliphatic heterocycles. The molecule has 0 spiro atoms. The van der Waals surface area contributed by atoms with E-state index in [1.54, 1.807) is 7.11 Å². The molecule has 2 heterocycles. The van der Waals surface area contributed by atoms with E-state index in [0.29, 0.717) is 12.0 Å². The van der Waals surface area contributed by atoms with Gasteiger partial charge in [0.05, 0.1) is 6.61 Å². The summed E-state index contributed by atoms with van der Waals surface area (Å²) in [5, 5.41) is 3.63. The summed E-state index contributed by atoms with van der Waals surface area (Å²) in [5.41, 5.74) is 1.45. The van der Waals surface area contributed by atoms with Gasteiger partial charge in [0, 0.05) is 52.3 Å². The number of nitrogens with zero attached hydrogens (tertiary/aromatic N) is 3. The highest BCUT2D eigenvalue weighted by molar-refractivity contribution is 5.80. The highest BCUT2D eigenvalue weighted by atomic mass is 16.5. The second-order valence-electron chi connectivity index (χ2n) is 7.10. The van der Waals surface area contributed by atoms with Gasteiger partial charge in [-0.25, -0.2) is 0 Å². The Morgan fingerprint density at radius 1 is 1.24 bits per heavy atom. The summed E-state index contributed by atoms with van der Waals surface area (Å²) < 4.78 is 5.24. The van der Waals surface area contributed by atoms with Crippen LogP contribution in [-0.2, 0) is 4.74 Å². The minimum absolute atomic E-state index is 0.597. The third-order valence-corrected chi connectivity index (χ3v) is 5.55. The molecule has 5 nitrogen and oxygen atoms in total. The second-order valence-corrected chi connectivity index (χ2v) is 7.10. The fourth-order valence-corrected chi connectivity index (χ4v) is 4.12. The largest absolute Gasteiger partial charge is 0.383 e. The summed E-state index contributed by atoms with van der Waals surface area (Å²) >= 11 is 0. The maximum atomic E-state index is 5.24. The first-order valence-electron chi connectivity index (χ1n) is 9.55. The number of aliphatic imine (C=N–C) groups is 1. The maximum absolute atomic E-state index is 5.24. The zero-order valence-electron chi connectivity index (χ0n) is 15.7. The quantitative estimate of drug-likeness (QED) is 0.634. The van der Waals surface area contributed by atoms with Crippen LogP contribution >= 0.6 is 0 Å². The second kappa shape index (κ2) is 9.20. The van der Waals surface area contributed by atoms with Gasteiger partial charge >= 0.3 is 0 Å². The lowest BCUT2D eigenvalue weighted by atomic mass is 9.99. The molecular weight excluding hydrogens is 312 g/mol. The van der Waals surface area contributed by atoms with Crippen molar-refractivity contribution in [3.8, 4) is 0 Å². The van der Waals surface area contributed by atoms with Crippen molar-refractivity contribution in [3.63, 3.8) is 0 Å². The number of hydrogen-bond donors (Lipinski definition) is 1. The van der Waals surface area contributed by atoms with Crippen molar-refractivity contribution >= 4 is 5.96 Å². The molecular formula is C20H32N4O. The summed E-state index contributed by atoms with van der Waals surface area (Å²) in [4.78, 5) is 9.49. The fourth-order valence-electron chi connectivity index (χ4n) is 4.12. The van der Waals surface area contributed by atoms with Crippen LogP contribution in [0, 0.1) is 0 Å².